The average Bonchev–Trinajstić information content (AvgIpc) is 2.99. The molecule has 0 saturated heterocycles. The molecular weight excluding hydrogens is 343 g/mol. The number of rotatable bonds is 5. The molecule has 130 valence electrons. The van der Waals surface area contributed by atoms with Gasteiger partial charge in [0.05, 0.1) is 6.04 Å². The Labute approximate surface area is 150 Å². The summed E-state index contributed by atoms with van der Waals surface area (Å²) >= 11 is 5.95. The lowest BCUT2D eigenvalue weighted by molar-refractivity contribution is 0.0916. The Bertz CT molecular complexity index is 890. The Morgan fingerprint density at radius 1 is 1.20 bits per heavy atom. The fourth-order valence-corrected chi connectivity index (χ4v) is 2.87. The summed E-state index contributed by atoms with van der Waals surface area (Å²) < 4.78 is 18.7. The molecule has 1 N–H and O–H groups in total. The highest BCUT2D eigenvalue weighted by Crippen LogP contribution is 2.23. The first-order valence-corrected chi connectivity index (χ1v) is 8.21. The maximum absolute atomic E-state index is 13.1. The third-order valence-electron chi connectivity index (χ3n) is 4.04. The van der Waals surface area contributed by atoms with Crippen LogP contribution >= 0.6 is 11.6 Å². The Balaban J connectivity index is 1.73. The molecule has 2 aromatic carbocycles. The van der Waals surface area contributed by atoms with Gasteiger partial charge in [0.2, 0.25) is 0 Å². The van der Waals surface area contributed by atoms with Crippen LogP contribution in [0.3, 0.4) is 0 Å². The van der Waals surface area contributed by atoms with Crippen molar-refractivity contribution in [3.63, 3.8) is 0 Å². The van der Waals surface area contributed by atoms with E-state index in [1.54, 1.807) is 36.4 Å². The van der Waals surface area contributed by atoms with Gasteiger partial charge in [-0.25, -0.2) is 4.39 Å². The van der Waals surface area contributed by atoms with E-state index in [4.69, 9.17) is 16.0 Å². The molecular formula is C19H18ClFN2O2. The largest absolute Gasteiger partial charge is 0.451 e. The van der Waals surface area contributed by atoms with Crippen molar-refractivity contribution in [3.8, 4) is 0 Å². The molecule has 1 aromatic heterocycles. The second kappa shape index (κ2) is 7.25. The van der Waals surface area contributed by atoms with Gasteiger partial charge in [-0.1, -0.05) is 23.7 Å². The van der Waals surface area contributed by atoms with Crippen molar-refractivity contribution in [2.75, 3.05) is 20.6 Å². The predicted octanol–water partition coefficient (Wildman–Crippen LogP) is 4.26. The highest BCUT2D eigenvalue weighted by molar-refractivity contribution is 6.31. The standard InChI is InChI=1S/C19H18ClFN2O2/c1-23(2)16(12-3-6-15(21)7-4-12)11-22-19(24)18-10-13-9-14(20)5-8-17(13)25-18/h3-10,16H,11H2,1-2H3,(H,22,24). The molecule has 0 aliphatic rings. The molecule has 0 aliphatic heterocycles. The Morgan fingerprint density at radius 3 is 2.60 bits per heavy atom. The predicted molar refractivity (Wildman–Crippen MR) is 96.4 cm³/mol. The van der Waals surface area contributed by atoms with Crippen molar-refractivity contribution >= 4 is 28.5 Å². The van der Waals surface area contributed by atoms with Crippen LogP contribution in [0.2, 0.25) is 5.02 Å². The zero-order chi connectivity index (χ0) is 18.0. The Kier molecular flexibility index (Phi) is 5.06. The minimum Gasteiger partial charge on any atom is -0.451 e. The van der Waals surface area contributed by atoms with Crippen LogP contribution in [-0.2, 0) is 0 Å². The van der Waals surface area contributed by atoms with Gasteiger partial charge in [0.15, 0.2) is 5.76 Å². The van der Waals surface area contributed by atoms with Gasteiger partial charge in [-0.05, 0) is 56.1 Å². The van der Waals surface area contributed by atoms with Crippen molar-refractivity contribution in [1.82, 2.24) is 10.2 Å². The Morgan fingerprint density at radius 2 is 1.92 bits per heavy atom. The number of hydrogen-bond donors (Lipinski definition) is 1. The molecule has 4 nitrogen and oxygen atoms in total. The van der Waals surface area contributed by atoms with Crippen LogP contribution in [0.15, 0.2) is 52.9 Å². The molecule has 25 heavy (non-hydrogen) atoms. The molecule has 1 atom stereocenters. The van der Waals surface area contributed by atoms with Gasteiger partial charge in [0.1, 0.15) is 11.4 Å². The van der Waals surface area contributed by atoms with Crippen LogP contribution < -0.4 is 5.32 Å². The number of nitrogens with zero attached hydrogens (tertiary/aromatic N) is 1. The van der Waals surface area contributed by atoms with Gasteiger partial charge in [0, 0.05) is 17.0 Å². The van der Waals surface area contributed by atoms with Crippen LogP contribution in [0.4, 0.5) is 4.39 Å². The SMILES string of the molecule is CN(C)C(CNC(=O)c1cc2cc(Cl)ccc2o1)c1ccc(F)cc1. The van der Waals surface area contributed by atoms with E-state index in [1.165, 1.54) is 12.1 Å². The topological polar surface area (TPSA) is 45.5 Å². The summed E-state index contributed by atoms with van der Waals surface area (Å²) in [6, 6.07) is 13.0. The Hall–Kier alpha value is -2.37. The lowest BCUT2D eigenvalue weighted by atomic mass is 10.1. The number of carbonyl (C=O) groups excluding carboxylic acids is 1. The fourth-order valence-electron chi connectivity index (χ4n) is 2.69. The molecule has 6 heteroatoms. The fraction of sp³-hybridized carbons (Fsp3) is 0.211. The number of amides is 1. The van der Waals surface area contributed by atoms with Crippen molar-refractivity contribution < 1.29 is 13.6 Å². The molecule has 0 fully saturated rings. The molecule has 1 unspecified atom stereocenters. The highest BCUT2D eigenvalue weighted by Gasteiger charge is 2.18. The zero-order valence-corrected chi connectivity index (χ0v) is 14.7. The van der Waals surface area contributed by atoms with Crippen LogP contribution in [0.25, 0.3) is 11.0 Å². The molecule has 0 aliphatic carbocycles. The summed E-state index contributed by atoms with van der Waals surface area (Å²) in [4.78, 5) is 14.4. The minimum absolute atomic E-state index is 0.0802. The number of nitrogens with one attached hydrogen (secondary N) is 1. The van der Waals surface area contributed by atoms with E-state index >= 15 is 0 Å². The van der Waals surface area contributed by atoms with Crippen LogP contribution in [-0.4, -0.2) is 31.4 Å². The third-order valence-corrected chi connectivity index (χ3v) is 4.27. The lowest BCUT2D eigenvalue weighted by Gasteiger charge is -2.25. The molecule has 0 bridgehead atoms. The maximum atomic E-state index is 13.1. The first-order valence-electron chi connectivity index (χ1n) is 7.83. The number of furan rings is 1. The molecule has 0 radical (unpaired) electrons. The number of hydrogen-bond acceptors (Lipinski definition) is 3. The molecule has 0 saturated carbocycles. The van der Waals surface area contributed by atoms with Gasteiger partial charge in [-0.15, -0.1) is 0 Å². The van der Waals surface area contributed by atoms with E-state index in [0.717, 1.165) is 10.9 Å². The smallest absolute Gasteiger partial charge is 0.287 e. The second-order valence-electron chi connectivity index (χ2n) is 6.03. The van der Waals surface area contributed by atoms with Gasteiger partial charge < -0.3 is 14.6 Å². The molecule has 3 aromatic rings. The number of halogens is 2. The first-order chi connectivity index (χ1) is 11.9. The van der Waals surface area contributed by atoms with Crippen LogP contribution in [0, 0.1) is 5.82 Å². The van der Waals surface area contributed by atoms with Gasteiger partial charge in [0.25, 0.3) is 5.91 Å². The summed E-state index contributed by atoms with van der Waals surface area (Å²) in [5, 5.41) is 4.23. The normalized spacial score (nSPS) is 12.5. The summed E-state index contributed by atoms with van der Waals surface area (Å²) in [5.41, 5.74) is 1.53. The van der Waals surface area contributed by atoms with E-state index in [1.807, 2.05) is 19.0 Å². The summed E-state index contributed by atoms with van der Waals surface area (Å²) in [6.45, 7) is 0.370. The highest BCUT2D eigenvalue weighted by atomic mass is 35.5. The number of carbonyl (C=O) groups is 1. The van der Waals surface area contributed by atoms with Gasteiger partial charge in [-0.3, -0.25) is 4.79 Å². The van der Waals surface area contributed by atoms with Crippen molar-refractivity contribution in [3.05, 3.63) is 70.7 Å². The lowest BCUT2D eigenvalue weighted by Crippen LogP contribution is -2.34. The quantitative estimate of drug-likeness (QED) is 0.739. The van der Waals surface area contributed by atoms with Crippen molar-refractivity contribution in [1.29, 1.82) is 0 Å². The zero-order valence-electron chi connectivity index (χ0n) is 13.9. The molecule has 3 rings (SSSR count). The van der Waals surface area contributed by atoms with E-state index in [0.29, 0.717) is 17.2 Å². The number of likely N-dealkylation sites (N-methyl/N-ethyl adjacent to an activating group) is 1. The second-order valence-corrected chi connectivity index (χ2v) is 6.47. The van der Waals surface area contributed by atoms with Gasteiger partial charge >= 0.3 is 0 Å². The van der Waals surface area contributed by atoms with E-state index < -0.39 is 0 Å². The van der Waals surface area contributed by atoms with Gasteiger partial charge in [-0.2, -0.15) is 0 Å². The monoisotopic (exact) mass is 360 g/mol. The van der Waals surface area contributed by atoms with E-state index in [2.05, 4.69) is 5.32 Å². The average molecular weight is 361 g/mol. The van der Waals surface area contributed by atoms with Crippen LogP contribution in [0.1, 0.15) is 22.2 Å². The summed E-state index contributed by atoms with van der Waals surface area (Å²) in [6.07, 6.45) is 0. The van der Waals surface area contributed by atoms with Crippen molar-refractivity contribution in [2.24, 2.45) is 0 Å². The number of fused-ring (bicyclic) bond motifs is 1. The minimum atomic E-state index is -0.304. The van der Waals surface area contributed by atoms with Crippen molar-refractivity contribution in [2.45, 2.75) is 6.04 Å². The maximum Gasteiger partial charge on any atom is 0.287 e. The van der Waals surface area contributed by atoms with E-state index in [9.17, 15) is 9.18 Å². The number of benzene rings is 2. The summed E-state index contributed by atoms with van der Waals surface area (Å²) in [5.74, 6) is -0.360. The van der Waals surface area contributed by atoms with Crippen LogP contribution in [0.5, 0.6) is 0 Å². The molecule has 1 heterocycles. The molecule has 1 amide bonds. The molecule has 0 spiro atoms. The first kappa shape index (κ1) is 17.5. The third kappa shape index (κ3) is 4.00. The van der Waals surface area contributed by atoms with E-state index in [-0.39, 0.29) is 23.5 Å². The summed E-state index contributed by atoms with van der Waals surface area (Å²) in [7, 11) is 3.81.